The van der Waals surface area contributed by atoms with Crippen molar-refractivity contribution in [1.82, 2.24) is 15.6 Å². The molecule has 0 radical (unpaired) electrons. The first-order valence-corrected chi connectivity index (χ1v) is 5.83. The van der Waals surface area contributed by atoms with Crippen molar-refractivity contribution in [3.63, 3.8) is 0 Å². The van der Waals surface area contributed by atoms with Crippen LogP contribution in [0.15, 0.2) is 29.4 Å². The molecule has 18 heavy (non-hydrogen) atoms. The fourth-order valence-corrected chi connectivity index (χ4v) is 1.29. The van der Waals surface area contributed by atoms with E-state index in [9.17, 15) is 0 Å². The van der Waals surface area contributed by atoms with Crippen molar-refractivity contribution >= 4 is 23.3 Å². The molecule has 0 spiro atoms. The second kappa shape index (κ2) is 7.57. The Balaban J connectivity index is 2.36. The SMILES string of the molecule is COC(C)/N=C(\N)NC(=S)NCc1ccccn1. The highest BCUT2D eigenvalue weighted by Crippen LogP contribution is 1.92. The van der Waals surface area contributed by atoms with E-state index in [-0.39, 0.29) is 12.2 Å². The lowest BCUT2D eigenvalue weighted by atomic mass is 10.3. The molecule has 4 N–H and O–H groups in total. The first kappa shape index (κ1) is 14.3. The maximum atomic E-state index is 5.64. The number of hydrogen-bond donors (Lipinski definition) is 3. The van der Waals surface area contributed by atoms with Gasteiger partial charge >= 0.3 is 0 Å². The zero-order chi connectivity index (χ0) is 13.4. The molecule has 1 unspecified atom stereocenters. The predicted molar refractivity (Wildman–Crippen MR) is 74.9 cm³/mol. The topological polar surface area (TPSA) is 84.6 Å². The number of aliphatic imine (C=N–C) groups is 1. The Morgan fingerprint density at radius 3 is 3.00 bits per heavy atom. The zero-order valence-electron chi connectivity index (χ0n) is 10.4. The molecule has 6 nitrogen and oxygen atoms in total. The normalized spacial score (nSPS) is 12.9. The molecule has 7 heteroatoms. The molecule has 0 aliphatic heterocycles. The molecule has 1 aromatic rings. The number of methoxy groups -OCH3 is 1. The van der Waals surface area contributed by atoms with Gasteiger partial charge in [0, 0.05) is 13.3 Å². The van der Waals surface area contributed by atoms with Crippen molar-refractivity contribution in [1.29, 1.82) is 0 Å². The summed E-state index contributed by atoms with van der Waals surface area (Å²) in [4.78, 5) is 8.17. The number of thiocarbonyl (C=S) groups is 1. The van der Waals surface area contributed by atoms with Gasteiger partial charge in [-0.25, -0.2) is 4.99 Å². The van der Waals surface area contributed by atoms with E-state index in [4.69, 9.17) is 22.7 Å². The molecule has 0 aromatic carbocycles. The first-order valence-electron chi connectivity index (χ1n) is 5.42. The smallest absolute Gasteiger partial charge is 0.197 e. The molecule has 0 amide bonds. The zero-order valence-corrected chi connectivity index (χ0v) is 11.2. The number of rotatable bonds is 4. The molecule has 0 aliphatic carbocycles. The number of nitrogens with one attached hydrogen (secondary N) is 2. The summed E-state index contributed by atoms with van der Waals surface area (Å²) in [5, 5.41) is 6.13. The lowest BCUT2D eigenvalue weighted by Gasteiger charge is -2.11. The molecule has 0 aliphatic rings. The van der Waals surface area contributed by atoms with Gasteiger partial charge in [0.1, 0.15) is 6.23 Å². The van der Waals surface area contributed by atoms with Gasteiger partial charge in [0.15, 0.2) is 11.1 Å². The summed E-state index contributed by atoms with van der Waals surface area (Å²) in [6, 6.07) is 5.67. The third-order valence-electron chi connectivity index (χ3n) is 2.06. The minimum atomic E-state index is -0.309. The van der Waals surface area contributed by atoms with Gasteiger partial charge in [-0.1, -0.05) is 6.07 Å². The summed E-state index contributed by atoms with van der Waals surface area (Å²) in [5.41, 5.74) is 6.53. The van der Waals surface area contributed by atoms with E-state index in [1.54, 1.807) is 20.2 Å². The van der Waals surface area contributed by atoms with Gasteiger partial charge < -0.3 is 21.1 Å². The summed E-state index contributed by atoms with van der Waals surface area (Å²) in [6.07, 6.45) is 1.42. The van der Waals surface area contributed by atoms with Crippen LogP contribution >= 0.6 is 12.2 Å². The lowest BCUT2D eigenvalue weighted by Crippen LogP contribution is -2.43. The van der Waals surface area contributed by atoms with Crippen molar-refractivity contribution in [2.75, 3.05) is 7.11 Å². The Kier molecular flexibility index (Phi) is 6.03. The highest BCUT2D eigenvalue weighted by Gasteiger charge is 2.01. The van der Waals surface area contributed by atoms with Gasteiger partial charge in [-0.15, -0.1) is 0 Å². The maximum absolute atomic E-state index is 5.64. The average molecular weight is 267 g/mol. The van der Waals surface area contributed by atoms with E-state index in [1.807, 2.05) is 18.2 Å². The fraction of sp³-hybridized carbons (Fsp3) is 0.364. The van der Waals surface area contributed by atoms with Gasteiger partial charge in [0.2, 0.25) is 0 Å². The summed E-state index contributed by atoms with van der Waals surface area (Å²) in [5.74, 6) is 0.211. The molecule has 98 valence electrons. The minimum Gasteiger partial charge on any atom is -0.370 e. The average Bonchev–Trinajstić information content (AvgIpc) is 2.37. The van der Waals surface area contributed by atoms with Gasteiger partial charge in [-0.2, -0.15) is 0 Å². The van der Waals surface area contributed by atoms with Crippen molar-refractivity contribution in [3.05, 3.63) is 30.1 Å². The lowest BCUT2D eigenvalue weighted by molar-refractivity contribution is 0.126. The maximum Gasteiger partial charge on any atom is 0.197 e. The second-order valence-electron chi connectivity index (χ2n) is 3.48. The van der Waals surface area contributed by atoms with Gasteiger partial charge in [-0.3, -0.25) is 4.98 Å². The van der Waals surface area contributed by atoms with E-state index in [1.165, 1.54) is 0 Å². The van der Waals surface area contributed by atoms with Crippen molar-refractivity contribution in [3.8, 4) is 0 Å². The molecule has 1 heterocycles. The van der Waals surface area contributed by atoms with Crippen molar-refractivity contribution < 1.29 is 4.74 Å². The molecule has 1 aromatic heterocycles. The van der Waals surface area contributed by atoms with E-state index in [0.717, 1.165) is 5.69 Å². The Bertz CT molecular complexity index is 409. The number of nitrogens with zero attached hydrogens (tertiary/aromatic N) is 2. The third kappa shape index (κ3) is 5.55. The standard InChI is InChI=1S/C11H17N5OS/c1-8(17-2)15-10(12)16-11(18)14-7-9-5-3-4-6-13-9/h3-6,8H,7H2,1-2H3,(H4,12,14,15,16,18). The van der Waals surface area contributed by atoms with Crippen LogP contribution < -0.4 is 16.4 Å². The van der Waals surface area contributed by atoms with Crippen LogP contribution in [0.5, 0.6) is 0 Å². The molecule has 0 fully saturated rings. The number of guanidine groups is 1. The molecular formula is C11H17N5OS. The van der Waals surface area contributed by atoms with Crippen LogP contribution in [0.2, 0.25) is 0 Å². The number of hydrogen-bond acceptors (Lipinski definition) is 4. The molecular weight excluding hydrogens is 250 g/mol. The first-order chi connectivity index (χ1) is 8.61. The van der Waals surface area contributed by atoms with E-state index < -0.39 is 0 Å². The van der Waals surface area contributed by atoms with Crippen molar-refractivity contribution in [2.45, 2.75) is 19.7 Å². The second-order valence-corrected chi connectivity index (χ2v) is 3.89. The molecule has 1 rings (SSSR count). The van der Waals surface area contributed by atoms with Crippen LogP contribution in [0.1, 0.15) is 12.6 Å². The highest BCUT2D eigenvalue weighted by atomic mass is 32.1. The Morgan fingerprint density at radius 2 is 2.39 bits per heavy atom. The quantitative estimate of drug-likeness (QED) is 0.415. The summed E-state index contributed by atoms with van der Waals surface area (Å²) >= 11 is 5.07. The van der Waals surface area contributed by atoms with E-state index in [0.29, 0.717) is 11.7 Å². The fourth-order valence-electron chi connectivity index (χ4n) is 1.11. The summed E-state index contributed by atoms with van der Waals surface area (Å²) in [7, 11) is 1.55. The Morgan fingerprint density at radius 1 is 1.61 bits per heavy atom. The van der Waals surface area contributed by atoms with Crippen LogP contribution in [0.4, 0.5) is 0 Å². The van der Waals surface area contributed by atoms with Crippen LogP contribution in [0.25, 0.3) is 0 Å². The van der Waals surface area contributed by atoms with Gasteiger partial charge in [-0.05, 0) is 31.3 Å². The van der Waals surface area contributed by atoms with Crippen LogP contribution in [0.3, 0.4) is 0 Å². The summed E-state index contributed by atoms with van der Waals surface area (Å²) in [6.45, 7) is 2.30. The molecule has 0 bridgehead atoms. The van der Waals surface area contributed by atoms with Gasteiger partial charge in [0.25, 0.3) is 0 Å². The van der Waals surface area contributed by atoms with E-state index in [2.05, 4.69) is 20.6 Å². The molecule has 0 saturated carbocycles. The van der Waals surface area contributed by atoms with Crippen LogP contribution in [0, 0.1) is 0 Å². The minimum absolute atomic E-state index is 0.211. The number of ether oxygens (including phenoxy) is 1. The van der Waals surface area contributed by atoms with Gasteiger partial charge in [0.05, 0.1) is 12.2 Å². The van der Waals surface area contributed by atoms with Crippen LogP contribution in [-0.4, -0.2) is 29.4 Å². The molecule has 1 atom stereocenters. The van der Waals surface area contributed by atoms with Crippen LogP contribution in [-0.2, 0) is 11.3 Å². The Hall–Kier alpha value is -1.73. The molecule has 0 saturated heterocycles. The Labute approximate surface area is 112 Å². The number of aromatic nitrogens is 1. The predicted octanol–water partition coefficient (Wildman–Crippen LogP) is 0.353. The largest absolute Gasteiger partial charge is 0.370 e. The summed E-state index contributed by atoms with van der Waals surface area (Å²) < 4.78 is 4.95. The number of nitrogens with two attached hydrogens (primary N) is 1. The number of pyridine rings is 1. The monoisotopic (exact) mass is 267 g/mol. The third-order valence-corrected chi connectivity index (χ3v) is 2.31. The van der Waals surface area contributed by atoms with Crippen molar-refractivity contribution in [2.24, 2.45) is 10.7 Å². The highest BCUT2D eigenvalue weighted by molar-refractivity contribution is 7.80. The van der Waals surface area contributed by atoms with E-state index >= 15 is 0 Å².